The molecule has 3 aromatic rings. The molecule has 24 heavy (non-hydrogen) atoms. The summed E-state index contributed by atoms with van der Waals surface area (Å²) in [5, 5.41) is 11.0. The van der Waals surface area contributed by atoms with E-state index in [0.29, 0.717) is 18.7 Å². The number of ether oxygens (including phenoxy) is 2. The van der Waals surface area contributed by atoms with Gasteiger partial charge >= 0.3 is 0 Å². The van der Waals surface area contributed by atoms with Crippen LogP contribution < -0.4 is 14.8 Å². The first-order valence-corrected chi connectivity index (χ1v) is 7.58. The van der Waals surface area contributed by atoms with Crippen molar-refractivity contribution in [3.05, 3.63) is 54.5 Å². The minimum Gasteiger partial charge on any atom is -0.497 e. The standard InChI is InChI=1S/C17H18N4O3/c1-23-13-5-7-14(8-6-13)24-12-17(22)18-10-9-16-20-19-15-4-2-3-11-21(15)16/h2-8,11H,9-10,12H2,1H3,(H,18,22). The Morgan fingerprint density at radius 1 is 1.12 bits per heavy atom. The molecule has 0 aliphatic heterocycles. The van der Waals surface area contributed by atoms with Gasteiger partial charge in [0.2, 0.25) is 0 Å². The number of benzene rings is 1. The number of nitrogens with zero attached hydrogens (tertiary/aromatic N) is 3. The van der Waals surface area contributed by atoms with E-state index in [1.54, 1.807) is 31.4 Å². The van der Waals surface area contributed by atoms with Gasteiger partial charge in [0.25, 0.3) is 5.91 Å². The third kappa shape index (κ3) is 3.81. The monoisotopic (exact) mass is 326 g/mol. The third-order valence-electron chi connectivity index (χ3n) is 3.48. The van der Waals surface area contributed by atoms with Gasteiger partial charge in [-0.25, -0.2) is 0 Å². The number of carbonyl (C=O) groups is 1. The van der Waals surface area contributed by atoms with E-state index in [4.69, 9.17) is 9.47 Å². The summed E-state index contributed by atoms with van der Waals surface area (Å²) in [5.41, 5.74) is 0.793. The van der Waals surface area contributed by atoms with Crippen molar-refractivity contribution in [3.63, 3.8) is 0 Å². The van der Waals surface area contributed by atoms with E-state index in [0.717, 1.165) is 17.2 Å². The molecule has 0 atom stereocenters. The lowest BCUT2D eigenvalue weighted by Crippen LogP contribution is -2.30. The van der Waals surface area contributed by atoms with Crippen LogP contribution in [0.3, 0.4) is 0 Å². The van der Waals surface area contributed by atoms with Crippen LogP contribution in [0.4, 0.5) is 0 Å². The molecule has 0 bridgehead atoms. The van der Waals surface area contributed by atoms with E-state index < -0.39 is 0 Å². The van der Waals surface area contributed by atoms with Crippen LogP contribution in [0.1, 0.15) is 5.82 Å². The zero-order valence-electron chi connectivity index (χ0n) is 13.3. The molecular formula is C17H18N4O3. The Hall–Kier alpha value is -3.09. The van der Waals surface area contributed by atoms with Crippen molar-refractivity contribution in [2.75, 3.05) is 20.3 Å². The smallest absolute Gasteiger partial charge is 0.257 e. The molecule has 0 saturated carbocycles. The van der Waals surface area contributed by atoms with Gasteiger partial charge in [0, 0.05) is 19.2 Å². The molecule has 0 fully saturated rings. The fourth-order valence-corrected chi connectivity index (χ4v) is 2.25. The van der Waals surface area contributed by atoms with Crippen LogP contribution in [0.2, 0.25) is 0 Å². The summed E-state index contributed by atoms with van der Waals surface area (Å²) in [5.74, 6) is 1.99. The van der Waals surface area contributed by atoms with E-state index in [1.165, 1.54) is 0 Å². The number of pyridine rings is 1. The van der Waals surface area contributed by atoms with Crippen molar-refractivity contribution in [1.29, 1.82) is 0 Å². The average molecular weight is 326 g/mol. The summed E-state index contributed by atoms with van der Waals surface area (Å²) in [6.45, 7) is 0.438. The fourth-order valence-electron chi connectivity index (χ4n) is 2.25. The van der Waals surface area contributed by atoms with Crippen LogP contribution in [0.15, 0.2) is 48.7 Å². The van der Waals surface area contributed by atoms with Crippen LogP contribution >= 0.6 is 0 Å². The Kier molecular flexibility index (Phi) is 4.90. The Balaban J connectivity index is 1.44. The molecule has 0 saturated heterocycles. The number of hydrogen-bond donors (Lipinski definition) is 1. The Labute approximate surface area is 139 Å². The summed E-state index contributed by atoms with van der Waals surface area (Å²) in [6.07, 6.45) is 2.50. The lowest BCUT2D eigenvalue weighted by molar-refractivity contribution is -0.123. The summed E-state index contributed by atoms with van der Waals surface area (Å²) in [7, 11) is 1.60. The number of fused-ring (bicyclic) bond motifs is 1. The first-order chi connectivity index (χ1) is 11.8. The zero-order valence-corrected chi connectivity index (χ0v) is 13.3. The molecule has 2 heterocycles. The number of nitrogens with one attached hydrogen (secondary N) is 1. The summed E-state index contributed by atoms with van der Waals surface area (Å²) >= 11 is 0. The van der Waals surface area contributed by atoms with Crippen LogP contribution in [-0.2, 0) is 11.2 Å². The Morgan fingerprint density at radius 3 is 2.71 bits per heavy atom. The van der Waals surface area contributed by atoms with E-state index in [-0.39, 0.29) is 12.5 Å². The third-order valence-corrected chi connectivity index (χ3v) is 3.48. The molecule has 0 aliphatic carbocycles. The SMILES string of the molecule is COc1ccc(OCC(=O)NCCc2nnc3ccccn23)cc1. The minimum absolute atomic E-state index is 0.0348. The maximum Gasteiger partial charge on any atom is 0.257 e. The van der Waals surface area contributed by atoms with Crippen LogP contribution in [0, 0.1) is 0 Å². The highest BCUT2D eigenvalue weighted by Crippen LogP contribution is 2.16. The average Bonchev–Trinajstić information content (AvgIpc) is 3.04. The van der Waals surface area contributed by atoms with Gasteiger partial charge in [-0.2, -0.15) is 0 Å². The van der Waals surface area contributed by atoms with Crippen molar-refractivity contribution in [2.24, 2.45) is 0 Å². The second kappa shape index (κ2) is 7.45. The summed E-state index contributed by atoms with van der Waals surface area (Å²) in [6, 6.07) is 12.8. The molecule has 2 aromatic heterocycles. The summed E-state index contributed by atoms with van der Waals surface area (Å²) in [4.78, 5) is 11.8. The van der Waals surface area contributed by atoms with E-state index in [1.807, 2.05) is 28.8 Å². The first-order valence-electron chi connectivity index (χ1n) is 7.58. The number of hydrogen-bond acceptors (Lipinski definition) is 5. The highest BCUT2D eigenvalue weighted by molar-refractivity contribution is 5.77. The molecule has 124 valence electrons. The Bertz CT molecular complexity index is 814. The largest absolute Gasteiger partial charge is 0.497 e. The predicted molar refractivity (Wildman–Crippen MR) is 88.2 cm³/mol. The molecule has 0 unspecified atom stereocenters. The van der Waals surface area contributed by atoms with Crippen molar-refractivity contribution < 1.29 is 14.3 Å². The number of rotatable bonds is 7. The molecule has 0 spiro atoms. The minimum atomic E-state index is -0.181. The maximum absolute atomic E-state index is 11.8. The van der Waals surface area contributed by atoms with E-state index >= 15 is 0 Å². The van der Waals surface area contributed by atoms with Gasteiger partial charge in [-0.05, 0) is 36.4 Å². The molecule has 0 aliphatic rings. The predicted octanol–water partition coefficient (Wildman–Crippen LogP) is 1.48. The molecule has 3 rings (SSSR count). The number of methoxy groups -OCH3 is 1. The normalized spacial score (nSPS) is 10.5. The van der Waals surface area contributed by atoms with Crippen molar-refractivity contribution in [2.45, 2.75) is 6.42 Å². The highest BCUT2D eigenvalue weighted by atomic mass is 16.5. The number of aromatic nitrogens is 3. The van der Waals surface area contributed by atoms with Gasteiger partial charge < -0.3 is 14.8 Å². The molecule has 7 nitrogen and oxygen atoms in total. The molecular weight excluding hydrogens is 308 g/mol. The first kappa shape index (κ1) is 15.8. The van der Waals surface area contributed by atoms with Crippen LogP contribution in [0.25, 0.3) is 5.65 Å². The number of carbonyl (C=O) groups excluding carboxylic acids is 1. The molecule has 0 radical (unpaired) electrons. The van der Waals surface area contributed by atoms with Gasteiger partial charge in [-0.15, -0.1) is 10.2 Å². The van der Waals surface area contributed by atoms with Gasteiger partial charge in [-0.1, -0.05) is 6.07 Å². The lowest BCUT2D eigenvalue weighted by Gasteiger charge is -2.07. The number of amides is 1. The lowest BCUT2D eigenvalue weighted by atomic mass is 10.3. The second-order valence-electron chi connectivity index (χ2n) is 5.11. The van der Waals surface area contributed by atoms with E-state index in [2.05, 4.69) is 15.5 Å². The molecule has 7 heteroatoms. The Morgan fingerprint density at radius 2 is 1.92 bits per heavy atom. The second-order valence-corrected chi connectivity index (χ2v) is 5.11. The van der Waals surface area contributed by atoms with Gasteiger partial charge in [-0.3, -0.25) is 9.20 Å². The molecule has 1 N–H and O–H groups in total. The van der Waals surface area contributed by atoms with E-state index in [9.17, 15) is 4.79 Å². The highest BCUT2D eigenvalue weighted by Gasteiger charge is 2.06. The zero-order chi connectivity index (χ0) is 16.8. The topological polar surface area (TPSA) is 77.8 Å². The molecule has 1 aromatic carbocycles. The quantitative estimate of drug-likeness (QED) is 0.711. The van der Waals surface area contributed by atoms with Crippen LogP contribution in [-0.4, -0.2) is 40.8 Å². The van der Waals surface area contributed by atoms with Gasteiger partial charge in [0.15, 0.2) is 12.3 Å². The maximum atomic E-state index is 11.8. The summed E-state index contributed by atoms with van der Waals surface area (Å²) < 4.78 is 12.4. The molecule has 1 amide bonds. The van der Waals surface area contributed by atoms with Gasteiger partial charge in [0.05, 0.1) is 7.11 Å². The van der Waals surface area contributed by atoms with Crippen LogP contribution in [0.5, 0.6) is 11.5 Å². The van der Waals surface area contributed by atoms with Crippen molar-refractivity contribution in [1.82, 2.24) is 19.9 Å². The fraction of sp³-hybridized carbons (Fsp3) is 0.235. The van der Waals surface area contributed by atoms with Crippen molar-refractivity contribution >= 4 is 11.6 Å². The van der Waals surface area contributed by atoms with Crippen molar-refractivity contribution in [3.8, 4) is 11.5 Å². The van der Waals surface area contributed by atoms with Gasteiger partial charge in [0.1, 0.15) is 17.3 Å².